The van der Waals surface area contributed by atoms with Gasteiger partial charge < -0.3 is 4.74 Å². The summed E-state index contributed by atoms with van der Waals surface area (Å²) in [5, 5.41) is 11.1. The lowest BCUT2D eigenvalue weighted by molar-refractivity contribution is -0.384. The zero-order valence-corrected chi connectivity index (χ0v) is 11.8. The van der Waals surface area contributed by atoms with Gasteiger partial charge in [0.1, 0.15) is 18.2 Å². The number of nitrogens with zero attached hydrogens (tertiary/aromatic N) is 2. The fourth-order valence-corrected chi connectivity index (χ4v) is 2.06. The van der Waals surface area contributed by atoms with Gasteiger partial charge >= 0.3 is 0 Å². The molecule has 2 aromatic rings. The Kier molecular flexibility index (Phi) is 4.62. The Morgan fingerprint density at radius 1 is 1.35 bits per heavy atom. The van der Waals surface area contributed by atoms with E-state index in [1.54, 1.807) is 0 Å². The molecule has 0 unspecified atom stereocenters. The van der Waals surface area contributed by atoms with Crippen LogP contribution in [-0.4, -0.2) is 9.91 Å². The van der Waals surface area contributed by atoms with E-state index < -0.39 is 10.7 Å². The first kappa shape index (κ1) is 14.4. The number of hydrogen-bond acceptors (Lipinski definition) is 4. The van der Waals surface area contributed by atoms with Crippen molar-refractivity contribution in [2.75, 3.05) is 0 Å². The van der Waals surface area contributed by atoms with Crippen LogP contribution < -0.4 is 4.74 Å². The van der Waals surface area contributed by atoms with E-state index in [0.29, 0.717) is 22.2 Å². The van der Waals surface area contributed by atoms with Crippen LogP contribution in [0.25, 0.3) is 0 Å². The first-order valence-electron chi connectivity index (χ1n) is 5.65. The number of pyridine rings is 1. The molecule has 0 radical (unpaired) electrons. The zero-order chi connectivity index (χ0) is 14.5. The fourth-order valence-electron chi connectivity index (χ4n) is 1.62. The molecular weight excluding hydrogens is 331 g/mol. The minimum Gasteiger partial charge on any atom is -0.489 e. The van der Waals surface area contributed by atoms with E-state index in [4.69, 9.17) is 4.74 Å². The van der Waals surface area contributed by atoms with Gasteiger partial charge in [0.15, 0.2) is 0 Å². The number of halogens is 2. The maximum absolute atomic E-state index is 13.0. The molecule has 20 heavy (non-hydrogen) atoms. The van der Waals surface area contributed by atoms with Crippen molar-refractivity contribution >= 4 is 21.6 Å². The van der Waals surface area contributed by atoms with Crippen LogP contribution >= 0.6 is 15.9 Å². The third-order valence-corrected chi connectivity index (χ3v) is 3.16. The van der Waals surface area contributed by atoms with Gasteiger partial charge in [0.2, 0.25) is 0 Å². The smallest absolute Gasteiger partial charge is 0.270 e. The molecule has 2 rings (SSSR count). The van der Waals surface area contributed by atoms with E-state index in [1.165, 1.54) is 30.5 Å². The molecule has 7 heteroatoms. The Bertz CT molecular complexity index is 637. The van der Waals surface area contributed by atoms with Gasteiger partial charge in [-0.1, -0.05) is 15.9 Å². The summed E-state index contributed by atoms with van der Waals surface area (Å²) in [7, 11) is 0. The number of hydrogen-bond donors (Lipinski definition) is 0. The molecule has 0 aliphatic rings. The van der Waals surface area contributed by atoms with Crippen LogP contribution in [0.2, 0.25) is 0 Å². The first-order valence-corrected chi connectivity index (χ1v) is 6.78. The molecule has 5 nitrogen and oxygen atoms in total. The number of nitro benzene ring substituents is 1. The van der Waals surface area contributed by atoms with Crippen molar-refractivity contribution in [3.8, 4) is 5.75 Å². The molecule has 0 saturated heterocycles. The molecule has 0 fully saturated rings. The third-order valence-electron chi connectivity index (χ3n) is 2.55. The molecule has 1 aromatic carbocycles. The highest BCUT2D eigenvalue weighted by molar-refractivity contribution is 9.08. The number of rotatable bonds is 5. The summed E-state index contributed by atoms with van der Waals surface area (Å²) in [5.74, 6) is 0.0762. The summed E-state index contributed by atoms with van der Waals surface area (Å²) in [6.07, 6.45) is 2.61. The Morgan fingerprint density at radius 2 is 2.15 bits per heavy atom. The number of aromatic nitrogens is 1. The SMILES string of the molecule is O=[N+]([O-])c1ccc(OCc2cncc(F)c2)c(CBr)c1. The molecule has 0 bridgehead atoms. The van der Waals surface area contributed by atoms with Crippen molar-refractivity contribution < 1.29 is 14.1 Å². The summed E-state index contributed by atoms with van der Waals surface area (Å²) >= 11 is 3.25. The van der Waals surface area contributed by atoms with Crippen LogP contribution in [0.15, 0.2) is 36.7 Å². The van der Waals surface area contributed by atoms with E-state index in [-0.39, 0.29) is 12.3 Å². The maximum atomic E-state index is 13.0. The molecule has 0 N–H and O–H groups in total. The predicted octanol–water partition coefficient (Wildman–Crippen LogP) is 3.60. The molecule has 0 amide bonds. The topological polar surface area (TPSA) is 65.3 Å². The van der Waals surface area contributed by atoms with Crippen LogP contribution in [-0.2, 0) is 11.9 Å². The minimum atomic E-state index is -0.466. The third kappa shape index (κ3) is 3.51. The van der Waals surface area contributed by atoms with Crippen LogP contribution in [0.4, 0.5) is 10.1 Å². The highest BCUT2D eigenvalue weighted by atomic mass is 79.9. The molecule has 0 atom stereocenters. The molecule has 0 saturated carbocycles. The van der Waals surface area contributed by atoms with Crippen molar-refractivity contribution in [1.82, 2.24) is 4.98 Å². The lowest BCUT2D eigenvalue weighted by atomic mass is 10.2. The van der Waals surface area contributed by atoms with Gasteiger partial charge in [-0.05, 0) is 12.1 Å². The number of ether oxygens (including phenoxy) is 1. The molecule has 104 valence electrons. The summed E-state index contributed by atoms with van der Waals surface area (Å²) in [4.78, 5) is 14.0. The second-order valence-corrected chi connectivity index (χ2v) is 4.54. The molecular formula is C13H10BrFN2O3. The number of non-ortho nitro benzene ring substituents is 1. The van der Waals surface area contributed by atoms with Crippen molar-refractivity contribution in [3.63, 3.8) is 0 Å². The normalized spacial score (nSPS) is 10.3. The zero-order valence-electron chi connectivity index (χ0n) is 10.3. The Hall–Kier alpha value is -2.02. The number of nitro groups is 1. The Labute approximate surface area is 122 Å². The second kappa shape index (κ2) is 6.42. The van der Waals surface area contributed by atoms with Gasteiger partial charge in [0.25, 0.3) is 5.69 Å². The number of alkyl halides is 1. The van der Waals surface area contributed by atoms with Gasteiger partial charge in [0, 0.05) is 34.8 Å². The van der Waals surface area contributed by atoms with Crippen LogP contribution in [0, 0.1) is 15.9 Å². The highest BCUT2D eigenvalue weighted by Gasteiger charge is 2.11. The van der Waals surface area contributed by atoms with E-state index in [9.17, 15) is 14.5 Å². The molecule has 0 aliphatic carbocycles. The summed E-state index contributed by atoms with van der Waals surface area (Å²) in [5.41, 5.74) is 1.24. The standard InChI is InChI=1S/C13H10BrFN2O3/c14-5-10-4-12(17(18)19)1-2-13(10)20-8-9-3-11(15)7-16-6-9/h1-4,6-7H,5,8H2. The van der Waals surface area contributed by atoms with Crippen LogP contribution in [0.1, 0.15) is 11.1 Å². The summed E-state index contributed by atoms with van der Waals surface area (Å²) in [6.45, 7) is 0.141. The summed E-state index contributed by atoms with van der Waals surface area (Å²) in [6, 6.07) is 5.66. The lowest BCUT2D eigenvalue weighted by Crippen LogP contribution is -2.00. The Balaban J connectivity index is 2.15. The average Bonchev–Trinajstić information content (AvgIpc) is 2.45. The second-order valence-electron chi connectivity index (χ2n) is 3.98. The predicted molar refractivity (Wildman–Crippen MR) is 74.3 cm³/mol. The van der Waals surface area contributed by atoms with Crippen molar-refractivity contribution in [2.45, 2.75) is 11.9 Å². The lowest BCUT2D eigenvalue weighted by Gasteiger charge is -2.09. The van der Waals surface area contributed by atoms with Crippen molar-refractivity contribution in [2.24, 2.45) is 0 Å². The van der Waals surface area contributed by atoms with Gasteiger partial charge in [-0.15, -0.1) is 0 Å². The van der Waals surface area contributed by atoms with Crippen LogP contribution in [0.5, 0.6) is 5.75 Å². The van der Waals surface area contributed by atoms with Gasteiger partial charge in [-0.3, -0.25) is 15.1 Å². The maximum Gasteiger partial charge on any atom is 0.270 e. The first-order chi connectivity index (χ1) is 9.60. The minimum absolute atomic E-state index is 0.000720. The average molecular weight is 341 g/mol. The van der Waals surface area contributed by atoms with E-state index >= 15 is 0 Å². The Morgan fingerprint density at radius 3 is 2.80 bits per heavy atom. The largest absolute Gasteiger partial charge is 0.489 e. The van der Waals surface area contributed by atoms with E-state index in [1.807, 2.05) is 0 Å². The monoisotopic (exact) mass is 340 g/mol. The van der Waals surface area contributed by atoms with Gasteiger partial charge in [0.05, 0.1) is 11.1 Å². The van der Waals surface area contributed by atoms with Gasteiger partial charge in [-0.25, -0.2) is 4.39 Å². The highest BCUT2D eigenvalue weighted by Crippen LogP contribution is 2.26. The van der Waals surface area contributed by atoms with E-state index in [0.717, 1.165) is 6.20 Å². The fraction of sp³-hybridized carbons (Fsp3) is 0.154. The summed E-state index contributed by atoms with van der Waals surface area (Å²) < 4.78 is 18.5. The number of benzene rings is 1. The molecule has 0 aliphatic heterocycles. The van der Waals surface area contributed by atoms with Gasteiger partial charge in [-0.2, -0.15) is 0 Å². The molecule has 1 heterocycles. The van der Waals surface area contributed by atoms with Crippen molar-refractivity contribution in [1.29, 1.82) is 0 Å². The quantitative estimate of drug-likeness (QED) is 0.473. The van der Waals surface area contributed by atoms with E-state index in [2.05, 4.69) is 20.9 Å². The van der Waals surface area contributed by atoms with Crippen molar-refractivity contribution in [3.05, 3.63) is 63.7 Å². The van der Waals surface area contributed by atoms with Crippen LogP contribution in [0.3, 0.4) is 0 Å². The molecule has 1 aromatic heterocycles. The molecule has 0 spiro atoms.